The van der Waals surface area contributed by atoms with E-state index in [1.165, 1.54) is 0 Å². The van der Waals surface area contributed by atoms with E-state index < -0.39 is 0 Å². The maximum atomic E-state index is 9.60. The van der Waals surface area contributed by atoms with E-state index in [2.05, 4.69) is 10.3 Å². The molecule has 1 aliphatic rings. The smallest absolute Gasteiger partial charge is 0.150 e. The Kier molecular flexibility index (Phi) is 4.00. The van der Waals surface area contributed by atoms with Crippen molar-refractivity contribution in [2.75, 3.05) is 17.6 Å². The summed E-state index contributed by atoms with van der Waals surface area (Å²) in [5.74, 6) is 1.01. The lowest BCUT2D eigenvalue weighted by atomic mass is 9.87. The fourth-order valence-electron chi connectivity index (χ4n) is 2.40. The summed E-state index contributed by atoms with van der Waals surface area (Å²) in [6.07, 6.45) is 5.30. The third kappa shape index (κ3) is 2.90. The van der Waals surface area contributed by atoms with Gasteiger partial charge in [-0.25, -0.2) is 4.98 Å². The van der Waals surface area contributed by atoms with Crippen LogP contribution in [0.15, 0.2) is 12.3 Å². The highest BCUT2D eigenvalue weighted by Gasteiger charge is 2.20. The van der Waals surface area contributed by atoms with Gasteiger partial charge in [0.25, 0.3) is 0 Å². The van der Waals surface area contributed by atoms with Crippen LogP contribution >= 0.6 is 0 Å². The SMILES string of the molecule is N#Cc1ccnc(NCC2CCCC(O)C2)c1N. The molecule has 1 saturated carbocycles. The van der Waals surface area contributed by atoms with Crippen LogP contribution < -0.4 is 11.1 Å². The highest BCUT2D eigenvalue weighted by molar-refractivity contribution is 5.68. The zero-order valence-corrected chi connectivity index (χ0v) is 10.3. The standard InChI is InChI=1S/C13H18N4O/c14-7-10-4-5-16-13(12(10)15)17-8-9-2-1-3-11(18)6-9/h4-5,9,11,18H,1-3,6,8,15H2,(H,16,17). The minimum atomic E-state index is -0.179. The van der Waals surface area contributed by atoms with E-state index >= 15 is 0 Å². The molecule has 1 aliphatic carbocycles. The van der Waals surface area contributed by atoms with Gasteiger partial charge in [-0.15, -0.1) is 0 Å². The molecule has 2 unspecified atom stereocenters. The lowest BCUT2D eigenvalue weighted by Gasteiger charge is -2.26. The van der Waals surface area contributed by atoms with Crippen molar-refractivity contribution in [2.45, 2.75) is 31.8 Å². The number of hydrogen-bond donors (Lipinski definition) is 3. The van der Waals surface area contributed by atoms with Gasteiger partial charge in [0.1, 0.15) is 6.07 Å². The maximum Gasteiger partial charge on any atom is 0.150 e. The first-order valence-electron chi connectivity index (χ1n) is 6.27. The Morgan fingerprint density at radius 2 is 2.39 bits per heavy atom. The molecule has 18 heavy (non-hydrogen) atoms. The maximum absolute atomic E-state index is 9.60. The number of rotatable bonds is 3. The van der Waals surface area contributed by atoms with Crippen LogP contribution in [0.1, 0.15) is 31.2 Å². The van der Waals surface area contributed by atoms with E-state index in [4.69, 9.17) is 11.0 Å². The Labute approximate surface area is 107 Å². The second kappa shape index (κ2) is 5.69. The van der Waals surface area contributed by atoms with Gasteiger partial charge in [-0.2, -0.15) is 5.26 Å². The fourth-order valence-corrected chi connectivity index (χ4v) is 2.40. The summed E-state index contributed by atoms with van der Waals surface area (Å²) in [5.41, 5.74) is 6.68. The van der Waals surface area contributed by atoms with Crippen molar-refractivity contribution in [3.8, 4) is 6.07 Å². The Bertz CT molecular complexity index is 455. The number of aliphatic hydroxyl groups is 1. The number of hydrogen-bond acceptors (Lipinski definition) is 5. The van der Waals surface area contributed by atoms with Crippen molar-refractivity contribution in [2.24, 2.45) is 5.92 Å². The molecule has 2 atom stereocenters. The molecule has 1 heterocycles. The number of aliphatic hydroxyl groups excluding tert-OH is 1. The van der Waals surface area contributed by atoms with Crippen LogP contribution in [0.25, 0.3) is 0 Å². The topological polar surface area (TPSA) is 95.0 Å². The molecule has 0 spiro atoms. The molecule has 0 bridgehead atoms. The Morgan fingerprint density at radius 3 is 3.11 bits per heavy atom. The molecule has 0 saturated heterocycles. The van der Waals surface area contributed by atoms with Gasteiger partial charge in [0.15, 0.2) is 5.82 Å². The highest BCUT2D eigenvalue weighted by Crippen LogP contribution is 2.25. The van der Waals surface area contributed by atoms with Crippen LogP contribution in [0.3, 0.4) is 0 Å². The molecular formula is C13H18N4O. The van der Waals surface area contributed by atoms with Gasteiger partial charge in [-0.3, -0.25) is 0 Å². The van der Waals surface area contributed by atoms with Crippen molar-refractivity contribution in [3.63, 3.8) is 0 Å². The van der Waals surface area contributed by atoms with E-state index in [1.807, 2.05) is 6.07 Å². The molecule has 4 N–H and O–H groups in total. The molecule has 2 rings (SSSR count). The second-order valence-electron chi connectivity index (χ2n) is 4.80. The summed E-state index contributed by atoms with van der Waals surface area (Å²) in [7, 11) is 0. The number of aromatic nitrogens is 1. The van der Waals surface area contributed by atoms with Crippen LogP contribution in [-0.4, -0.2) is 22.7 Å². The molecule has 1 fully saturated rings. The Balaban J connectivity index is 1.96. The minimum Gasteiger partial charge on any atom is -0.395 e. The number of nitrogen functional groups attached to an aromatic ring is 1. The molecule has 1 aromatic heterocycles. The predicted octanol–water partition coefficient (Wildman–Crippen LogP) is 1.50. The van der Waals surface area contributed by atoms with Crippen molar-refractivity contribution in [3.05, 3.63) is 17.8 Å². The Morgan fingerprint density at radius 1 is 1.56 bits per heavy atom. The number of nitrogens with two attached hydrogens (primary N) is 1. The van der Waals surface area contributed by atoms with Crippen molar-refractivity contribution >= 4 is 11.5 Å². The number of anilines is 2. The predicted molar refractivity (Wildman–Crippen MR) is 69.8 cm³/mol. The lowest BCUT2D eigenvalue weighted by molar-refractivity contribution is 0.104. The minimum absolute atomic E-state index is 0.179. The molecule has 0 aliphatic heterocycles. The van der Waals surface area contributed by atoms with Gasteiger partial charge in [0, 0.05) is 12.7 Å². The van der Waals surface area contributed by atoms with Gasteiger partial charge in [-0.1, -0.05) is 6.42 Å². The molecule has 5 heteroatoms. The van der Waals surface area contributed by atoms with Crippen LogP contribution in [0.4, 0.5) is 11.5 Å². The highest BCUT2D eigenvalue weighted by atomic mass is 16.3. The van der Waals surface area contributed by atoms with Crippen molar-refractivity contribution in [1.29, 1.82) is 5.26 Å². The van der Waals surface area contributed by atoms with Gasteiger partial charge >= 0.3 is 0 Å². The summed E-state index contributed by atoms with van der Waals surface area (Å²) in [6, 6.07) is 3.64. The number of nitriles is 1. The summed E-state index contributed by atoms with van der Waals surface area (Å²) >= 11 is 0. The quantitative estimate of drug-likeness (QED) is 0.751. The molecule has 5 nitrogen and oxygen atoms in total. The summed E-state index contributed by atoms with van der Waals surface area (Å²) in [4.78, 5) is 4.14. The average Bonchev–Trinajstić information content (AvgIpc) is 2.38. The van der Waals surface area contributed by atoms with Crippen molar-refractivity contribution in [1.82, 2.24) is 4.98 Å². The van der Waals surface area contributed by atoms with Crippen molar-refractivity contribution < 1.29 is 5.11 Å². The molecule has 96 valence electrons. The summed E-state index contributed by atoms with van der Waals surface area (Å²) in [5, 5.41) is 21.7. The molecule has 1 aromatic rings. The summed E-state index contributed by atoms with van der Waals surface area (Å²) in [6.45, 7) is 0.739. The number of nitrogens with zero attached hydrogens (tertiary/aromatic N) is 2. The average molecular weight is 246 g/mol. The van der Waals surface area contributed by atoms with Gasteiger partial charge in [0.05, 0.1) is 17.4 Å². The number of nitrogens with one attached hydrogen (secondary N) is 1. The number of pyridine rings is 1. The zero-order chi connectivity index (χ0) is 13.0. The molecule has 0 amide bonds. The van der Waals surface area contributed by atoms with E-state index in [9.17, 15) is 5.11 Å². The fraction of sp³-hybridized carbons (Fsp3) is 0.538. The van der Waals surface area contributed by atoms with Gasteiger partial charge < -0.3 is 16.2 Å². The van der Waals surface area contributed by atoms with E-state index in [1.54, 1.807) is 12.3 Å². The molecule has 0 radical (unpaired) electrons. The Hall–Kier alpha value is -1.80. The van der Waals surface area contributed by atoms with Gasteiger partial charge in [0.2, 0.25) is 0 Å². The largest absolute Gasteiger partial charge is 0.395 e. The first-order valence-corrected chi connectivity index (χ1v) is 6.27. The van der Waals surface area contributed by atoms with Crippen LogP contribution in [0.5, 0.6) is 0 Å². The molecule has 0 aromatic carbocycles. The van der Waals surface area contributed by atoms with Crippen LogP contribution in [0, 0.1) is 17.2 Å². The summed E-state index contributed by atoms with van der Waals surface area (Å²) < 4.78 is 0. The second-order valence-corrected chi connectivity index (χ2v) is 4.80. The third-order valence-electron chi connectivity index (χ3n) is 3.42. The van der Waals surface area contributed by atoms with E-state index in [-0.39, 0.29) is 6.10 Å². The van der Waals surface area contributed by atoms with E-state index in [0.717, 1.165) is 32.2 Å². The first kappa shape index (κ1) is 12.7. The zero-order valence-electron chi connectivity index (χ0n) is 10.3. The van der Waals surface area contributed by atoms with Crippen LogP contribution in [-0.2, 0) is 0 Å². The van der Waals surface area contributed by atoms with E-state index in [0.29, 0.717) is 23.0 Å². The first-order chi connectivity index (χ1) is 8.70. The normalized spacial score (nSPS) is 23.3. The monoisotopic (exact) mass is 246 g/mol. The van der Waals surface area contributed by atoms with Gasteiger partial charge in [-0.05, 0) is 31.2 Å². The lowest BCUT2D eigenvalue weighted by Crippen LogP contribution is -2.25. The third-order valence-corrected chi connectivity index (χ3v) is 3.42. The van der Waals surface area contributed by atoms with Crippen LogP contribution in [0.2, 0.25) is 0 Å². The molecular weight excluding hydrogens is 228 g/mol.